The maximum absolute atomic E-state index is 13.7. The summed E-state index contributed by atoms with van der Waals surface area (Å²) in [6.45, 7) is 1.85. The number of hydrogen-bond acceptors (Lipinski definition) is 3. The Balaban J connectivity index is 2.09. The van der Waals surface area contributed by atoms with Crippen molar-refractivity contribution in [2.45, 2.75) is 37.2 Å². The van der Waals surface area contributed by atoms with Gasteiger partial charge in [-0.25, -0.2) is 17.5 Å². The first-order valence-electron chi connectivity index (χ1n) is 6.34. The molecule has 0 aromatic heterocycles. The molecule has 2 atom stereocenters. The molecule has 0 amide bonds. The summed E-state index contributed by atoms with van der Waals surface area (Å²) in [6.07, 6.45) is 1.92. The van der Waals surface area contributed by atoms with Gasteiger partial charge in [-0.1, -0.05) is 12.5 Å². The topological polar surface area (TPSA) is 66.4 Å². The fraction of sp³-hybridized carbons (Fsp3) is 0.538. The number of aryl methyl sites for hydroxylation is 1. The lowest BCUT2D eigenvalue weighted by atomic mass is 10.1. The predicted molar refractivity (Wildman–Crippen MR) is 69.7 cm³/mol. The molecular formula is C13H18FNO3S. The Bertz CT molecular complexity index is 559. The van der Waals surface area contributed by atoms with Crippen LogP contribution in [0.2, 0.25) is 0 Å². The Labute approximate surface area is 112 Å². The van der Waals surface area contributed by atoms with Gasteiger partial charge in [0.2, 0.25) is 10.0 Å². The van der Waals surface area contributed by atoms with E-state index in [1.165, 1.54) is 12.1 Å². The highest BCUT2D eigenvalue weighted by Gasteiger charge is 2.27. The van der Waals surface area contributed by atoms with Gasteiger partial charge < -0.3 is 5.11 Å². The van der Waals surface area contributed by atoms with Gasteiger partial charge in [0.25, 0.3) is 0 Å². The maximum atomic E-state index is 13.7. The summed E-state index contributed by atoms with van der Waals surface area (Å²) in [5.74, 6) is -0.831. The van der Waals surface area contributed by atoms with Crippen LogP contribution in [0, 0.1) is 18.7 Å². The van der Waals surface area contributed by atoms with Crippen LogP contribution in [0.3, 0.4) is 0 Å². The maximum Gasteiger partial charge on any atom is 0.243 e. The molecule has 0 saturated heterocycles. The van der Waals surface area contributed by atoms with Gasteiger partial charge in [-0.3, -0.25) is 0 Å². The second kappa shape index (κ2) is 5.56. The molecule has 1 aliphatic rings. The smallest absolute Gasteiger partial charge is 0.243 e. The summed E-state index contributed by atoms with van der Waals surface area (Å²) in [5, 5.41) is 9.64. The Kier molecular flexibility index (Phi) is 4.23. The van der Waals surface area contributed by atoms with Crippen LogP contribution in [0.5, 0.6) is 0 Å². The van der Waals surface area contributed by atoms with Crippen molar-refractivity contribution in [2.75, 3.05) is 6.54 Å². The minimum absolute atomic E-state index is 0.0803. The summed E-state index contributed by atoms with van der Waals surface area (Å²) in [5.41, 5.74) is 0.669. The van der Waals surface area contributed by atoms with Gasteiger partial charge in [0, 0.05) is 6.54 Å². The fourth-order valence-electron chi connectivity index (χ4n) is 2.37. The largest absolute Gasteiger partial charge is 0.393 e. The Morgan fingerprint density at radius 2 is 2.16 bits per heavy atom. The quantitative estimate of drug-likeness (QED) is 0.883. The van der Waals surface area contributed by atoms with Crippen molar-refractivity contribution in [3.63, 3.8) is 0 Å². The van der Waals surface area contributed by atoms with Crippen molar-refractivity contribution in [1.82, 2.24) is 4.72 Å². The Hall–Kier alpha value is -0.980. The van der Waals surface area contributed by atoms with E-state index < -0.39 is 21.9 Å². The van der Waals surface area contributed by atoms with Gasteiger partial charge in [0.1, 0.15) is 10.7 Å². The van der Waals surface area contributed by atoms with Crippen LogP contribution in [0.1, 0.15) is 24.8 Å². The Morgan fingerprint density at radius 1 is 1.42 bits per heavy atom. The molecular weight excluding hydrogens is 269 g/mol. The summed E-state index contributed by atoms with van der Waals surface area (Å²) >= 11 is 0. The molecule has 0 bridgehead atoms. The van der Waals surface area contributed by atoms with Gasteiger partial charge in [0.05, 0.1) is 6.10 Å². The van der Waals surface area contributed by atoms with E-state index >= 15 is 0 Å². The first kappa shape index (κ1) is 14.4. The number of aliphatic hydroxyl groups is 1. The highest BCUT2D eigenvalue weighted by Crippen LogP contribution is 2.25. The molecule has 6 heteroatoms. The summed E-state index contributed by atoms with van der Waals surface area (Å²) < 4.78 is 40.0. The van der Waals surface area contributed by atoms with E-state index in [1.807, 2.05) is 0 Å². The lowest BCUT2D eigenvalue weighted by Crippen LogP contribution is -2.32. The van der Waals surface area contributed by atoms with E-state index in [0.717, 1.165) is 12.8 Å². The van der Waals surface area contributed by atoms with Crippen molar-refractivity contribution in [2.24, 2.45) is 5.92 Å². The summed E-state index contributed by atoms with van der Waals surface area (Å²) in [4.78, 5) is -0.342. The van der Waals surface area contributed by atoms with Crippen molar-refractivity contribution >= 4 is 10.0 Å². The molecule has 19 heavy (non-hydrogen) atoms. The number of aliphatic hydroxyl groups excluding tert-OH is 1. The number of benzene rings is 1. The van der Waals surface area contributed by atoms with Gasteiger partial charge >= 0.3 is 0 Å². The standard InChI is InChI=1S/C13H18FNO3S/c1-9-5-6-13(11(14)7-9)19(17,18)15-8-10-3-2-4-12(10)16/h5-7,10,12,15-16H,2-4,8H2,1H3. The lowest BCUT2D eigenvalue weighted by Gasteiger charge is -2.15. The van der Waals surface area contributed by atoms with E-state index in [-0.39, 0.29) is 17.4 Å². The molecule has 1 aromatic carbocycles. The van der Waals surface area contributed by atoms with Crippen LogP contribution in [0.15, 0.2) is 23.1 Å². The van der Waals surface area contributed by atoms with Gasteiger partial charge in [0.15, 0.2) is 0 Å². The molecule has 2 rings (SSSR count). The fourth-order valence-corrected chi connectivity index (χ4v) is 3.53. The van der Waals surface area contributed by atoms with E-state index in [2.05, 4.69) is 4.72 Å². The van der Waals surface area contributed by atoms with Crippen LogP contribution < -0.4 is 4.72 Å². The second-order valence-corrected chi connectivity index (χ2v) is 6.78. The molecule has 1 aliphatic carbocycles. The summed E-state index contributed by atoms with van der Waals surface area (Å²) in [6, 6.07) is 4.01. The molecule has 2 N–H and O–H groups in total. The average Bonchev–Trinajstić information content (AvgIpc) is 2.72. The highest BCUT2D eigenvalue weighted by molar-refractivity contribution is 7.89. The molecule has 1 aromatic rings. The summed E-state index contributed by atoms with van der Waals surface area (Å²) in [7, 11) is -3.85. The van der Waals surface area contributed by atoms with E-state index in [4.69, 9.17) is 0 Å². The molecule has 0 spiro atoms. The number of rotatable bonds is 4. The van der Waals surface area contributed by atoms with E-state index in [9.17, 15) is 17.9 Å². The molecule has 2 unspecified atom stereocenters. The molecule has 0 radical (unpaired) electrons. The van der Waals surface area contributed by atoms with E-state index in [0.29, 0.717) is 12.0 Å². The minimum atomic E-state index is -3.85. The number of halogens is 1. The minimum Gasteiger partial charge on any atom is -0.393 e. The van der Waals surface area contributed by atoms with Gasteiger partial charge in [-0.15, -0.1) is 0 Å². The van der Waals surface area contributed by atoms with Crippen molar-refractivity contribution in [3.05, 3.63) is 29.6 Å². The molecule has 4 nitrogen and oxygen atoms in total. The molecule has 0 heterocycles. The zero-order valence-electron chi connectivity index (χ0n) is 10.8. The van der Waals surface area contributed by atoms with Crippen LogP contribution in [-0.4, -0.2) is 26.2 Å². The van der Waals surface area contributed by atoms with Crippen molar-refractivity contribution < 1.29 is 17.9 Å². The zero-order valence-corrected chi connectivity index (χ0v) is 11.6. The molecule has 0 aliphatic heterocycles. The van der Waals surface area contributed by atoms with Crippen LogP contribution >= 0.6 is 0 Å². The van der Waals surface area contributed by atoms with Gasteiger partial charge in [-0.2, -0.15) is 0 Å². The second-order valence-electron chi connectivity index (χ2n) is 5.04. The van der Waals surface area contributed by atoms with Crippen molar-refractivity contribution in [1.29, 1.82) is 0 Å². The third-order valence-electron chi connectivity index (χ3n) is 3.53. The third-order valence-corrected chi connectivity index (χ3v) is 4.99. The predicted octanol–water partition coefficient (Wildman–Crippen LogP) is 1.57. The number of hydrogen-bond donors (Lipinski definition) is 2. The average molecular weight is 287 g/mol. The van der Waals surface area contributed by atoms with E-state index in [1.54, 1.807) is 13.0 Å². The Morgan fingerprint density at radius 3 is 2.74 bits per heavy atom. The van der Waals surface area contributed by atoms with Crippen LogP contribution in [-0.2, 0) is 10.0 Å². The molecule has 1 saturated carbocycles. The van der Waals surface area contributed by atoms with Crippen molar-refractivity contribution in [3.8, 4) is 0 Å². The first-order chi connectivity index (χ1) is 8.90. The monoisotopic (exact) mass is 287 g/mol. The highest BCUT2D eigenvalue weighted by atomic mass is 32.2. The lowest BCUT2D eigenvalue weighted by molar-refractivity contribution is 0.134. The number of sulfonamides is 1. The first-order valence-corrected chi connectivity index (χ1v) is 7.82. The SMILES string of the molecule is Cc1ccc(S(=O)(=O)NCC2CCCC2O)c(F)c1. The number of nitrogens with one attached hydrogen (secondary N) is 1. The molecule has 106 valence electrons. The van der Waals surface area contributed by atoms with Gasteiger partial charge in [-0.05, 0) is 43.4 Å². The third kappa shape index (κ3) is 3.32. The normalized spacial score (nSPS) is 23.7. The van der Waals surface area contributed by atoms with Crippen LogP contribution in [0.4, 0.5) is 4.39 Å². The molecule has 1 fully saturated rings. The van der Waals surface area contributed by atoms with Crippen LogP contribution in [0.25, 0.3) is 0 Å². The zero-order chi connectivity index (χ0) is 14.0.